The number of halogens is 2. The Labute approximate surface area is 162 Å². The van der Waals surface area contributed by atoms with E-state index in [9.17, 15) is 9.18 Å². The van der Waals surface area contributed by atoms with Gasteiger partial charge in [-0.05, 0) is 42.3 Å². The molecule has 0 bridgehead atoms. The van der Waals surface area contributed by atoms with Crippen LogP contribution in [0.4, 0.5) is 10.1 Å². The van der Waals surface area contributed by atoms with Crippen molar-refractivity contribution in [3.8, 4) is 0 Å². The van der Waals surface area contributed by atoms with Crippen molar-refractivity contribution >= 4 is 23.2 Å². The number of rotatable bonds is 7. The van der Waals surface area contributed by atoms with Crippen molar-refractivity contribution in [1.29, 1.82) is 0 Å². The molecule has 1 aromatic heterocycles. The molecule has 1 heterocycles. The first-order valence-electron chi connectivity index (χ1n) is 8.58. The summed E-state index contributed by atoms with van der Waals surface area (Å²) in [5.41, 5.74) is 2.63. The molecule has 0 unspecified atom stereocenters. The van der Waals surface area contributed by atoms with Gasteiger partial charge in [0.15, 0.2) is 0 Å². The lowest BCUT2D eigenvalue weighted by Gasteiger charge is -2.09. The largest absolute Gasteiger partial charge is 0.385 e. The number of carbonyl (C=O) groups excluding carboxylic acids is 1. The zero-order valence-electron chi connectivity index (χ0n) is 14.6. The molecule has 6 heteroatoms. The third kappa shape index (κ3) is 5.53. The lowest BCUT2D eigenvalue weighted by molar-refractivity contribution is 0.0945. The Morgan fingerprint density at radius 3 is 2.74 bits per heavy atom. The number of carbonyl (C=O) groups is 1. The first kappa shape index (κ1) is 18.9. The van der Waals surface area contributed by atoms with E-state index in [1.54, 1.807) is 36.5 Å². The molecule has 0 aliphatic heterocycles. The van der Waals surface area contributed by atoms with Crippen molar-refractivity contribution < 1.29 is 9.18 Å². The van der Waals surface area contributed by atoms with E-state index < -0.39 is 0 Å². The highest BCUT2D eigenvalue weighted by molar-refractivity contribution is 6.30. The minimum atomic E-state index is -0.350. The number of amides is 1. The van der Waals surface area contributed by atoms with Gasteiger partial charge in [-0.25, -0.2) is 4.39 Å². The van der Waals surface area contributed by atoms with E-state index in [0.717, 1.165) is 17.7 Å². The summed E-state index contributed by atoms with van der Waals surface area (Å²) in [7, 11) is 0. The van der Waals surface area contributed by atoms with Crippen LogP contribution in [0.15, 0.2) is 66.9 Å². The van der Waals surface area contributed by atoms with E-state index >= 15 is 0 Å². The number of nitrogens with zero attached hydrogens (tertiary/aromatic N) is 1. The smallest absolute Gasteiger partial charge is 0.270 e. The van der Waals surface area contributed by atoms with E-state index in [1.165, 1.54) is 6.07 Å². The zero-order chi connectivity index (χ0) is 19.1. The van der Waals surface area contributed by atoms with Crippen molar-refractivity contribution in [1.82, 2.24) is 10.3 Å². The fraction of sp³-hybridized carbons (Fsp3) is 0.143. The lowest BCUT2D eigenvalue weighted by atomic mass is 10.1. The van der Waals surface area contributed by atoms with E-state index in [1.807, 2.05) is 24.3 Å². The van der Waals surface area contributed by atoms with E-state index in [4.69, 9.17) is 11.6 Å². The second-order valence-corrected chi connectivity index (χ2v) is 6.45. The molecule has 27 heavy (non-hydrogen) atoms. The molecule has 1 amide bonds. The fourth-order valence-corrected chi connectivity index (χ4v) is 2.83. The topological polar surface area (TPSA) is 54.0 Å². The first-order chi connectivity index (χ1) is 13.1. The average molecular weight is 384 g/mol. The van der Waals surface area contributed by atoms with Gasteiger partial charge in [-0.2, -0.15) is 0 Å². The van der Waals surface area contributed by atoms with Crippen LogP contribution in [-0.4, -0.2) is 17.4 Å². The van der Waals surface area contributed by atoms with Crippen molar-refractivity contribution in [2.45, 2.75) is 13.0 Å². The highest BCUT2D eigenvalue weighted by Gasteiger charge is 2.09. The third-order valence-corrected chi connectivity index (χ3v) is 4.26. The second kappa shape index (κ2) is 9.14. The monoisotopic (exact) mass is 383 g/mol. The summed E-state index contributed by atoms with van der Waals surface area (Å²) in [6, 6.07) is 17.5. The number of anilines is 1. The molecule has 138 valence electrons. The van der Waals surface area contributed by atoms with Crippen LogP contribution in [0.5, 0.6) is 0 Å². The summed E-state index contributed by atoms with van der Waals surface area (Å²) in [4.78, 5) is 16.4. The summed E-state index contributed by atoms with van der Waals surface area (Å²) in [5, 5.41) is 6.67. The summed E-state index contributed by atoms with van der Waals surface area (Å²) < 4.78 is 13.6. The van der Waals surface area contributed by atoms with Crippen LogP contribution in [0.25, 0.3) is 0 Å². The summed E-state index contributed by atoms with van der Waals surface area (Å²) in [5.74, 6) is -0.695. The Hall–Kier alpha value is -2.92. The normalized spacial score (nSPS) is 10.4. The molecule has 2 N–H and O–H groups in total. The maximum atomic E-state index is 13.6. The summed E-state index contributed by atoms with van der Waals surface area (Å²) >= 11 is 5.98. The Morgan fingerprint density at radius 1 is 1.07 bits per heavy atom. The second-order valence-electron chi connectivity index (χ2n) is 6.01. The van der Waals surface area contributed by atoms with Gasteiger partial charge in [0.25, 0.3) is 5.91 Å². The minimum absolute atomic E-state index is 0.111. The Balaban J connectivity index is 1.54. The van der Waals surface area contributed by atoms with Gasteiger partial charge in [0.05, 0.1) is 0 Å². The highest BCUT2D eigenvalue weighted by Crippen LogP contribution is 2.13. The number of nitrogens with one attached hydrogen (secondary N) is 2. The third-order valence-electron chi connectivity index (χ3n) is 4.02. The van der Waals surface area contributed by atoms with Gasteiger partial charge in [-0.1, -0.05) is 41.9 Å². The Morgan fingerprint density at radius 2 is 1.93 bits per heavy atom. The summed E-state index contributed by atoms with van der Waals surface area (Å²) in [6.45, 7) is 0.806. The molecular formula is C21H19ClFN3O. The zero-order valence-corrected chi connectivity index (χ0v) is 15.3. The number of pyridine rings is 1. The van der Waals surface area contributed by atoms with Gasteiger partial charge in [0, 0.05) is 35.6 Å². The quantitative estimate of drug-likeness (QED) is 0.633. The predicted molar refractivity (Wildman–Crippen MR) is 105 cm³/mol. The Bertz CT molecular complexity index is 933. The van der Waals surface area contributed by atoms with Gasteiger partial charge in [-0.15, -0.1) is 0 Å². The molecule has 2 aromatic carbocycles. The van der Waals surface area contributed by atoms with Gasteiger partial charge in [0.1, 0.15) is 11.5 Å². The molecule has 3 rings (SSSR count). The molecule has 0 aliphatic carbocycles. The molecule has 0 fully saturated rings. The van der Waals surface area contributed by atoms with Crippen molar-refractivity contribution in [3.05, 3.63) is 94.5 Å². The van der Waals surface area contributed by atoms with Crippen LogP contribution in [0.3, 0.4) is 0 Å². The maximum Gasteiger partial charge on any atom is 0.270 e. The standard InChI is InChI=1S/C21H19ClFN3O/c22-17-6-3-4-15(12-17)8-10-24-18-9-11-25-20(13-18)21(27)26-14-16-5-1-2-7-19(16)23/h1-7,9,11-13H,8,10,14H2,(H,24,25)(H,26,27). The van der Waals surface area contributed by atoms with Crippen molar-refractivity contribution in [2.75, 3.05) is 11.9 Å². The van der Waals surface area contributed by atoms with E-state index in [2.05, 4.69) is 15.6 Å². The maximum absolute atomic E-state index is 13.6. The number of benzene rings is 2. The van der Waals surface area contributed by atoms with Gasteiger partial charge >= 0.3 is 0 Å². The molecule has 3 aromatic rings. The molecule has 0 radical (unpaired) electrons. The van der Waals surface area contributed by atoms with Crippen LogP contribution in [0.2, 0.25) is 5.02 Å². The van der Waals surface area contributed by atoms with Crippen LogP contribution < -0.4 is 10.6 Å². The highest BCUT2D eigenvalue weighted by atomic mass is 35.5. The number of hydrogen-bond donors (Lipinski definition) is 2. The van der Waals surface area contributed by atoms with Gasteiger partial charge in [-0.3, -0.25) is 9.78 Å². The van der Waals surface area contributed by atoms with Crippen LogP contribution in [0.1, 0.15) is 21.6 Å². The molecule has 4 nitrogen and oxygen atoms in total. The lowest BCUT2D eigenvalue weighted by Crippen LogP contribution is -2.24. The van der Waals surface area contributed by atoms with E-state index in [-0.39, 0.29) is 24.0 Å². The Kier molecular flexibility index (Phi) is 6.39. The van der Waals surface area contributed by atoms with Gasteiger partial charge < -0.3 is 10.6 Å². The fourth-order valence-electron chi connectivity index (χ4n) is 2.62. The van der Waals surface area contributed by atoms with Crippen LogP contribution in [0, 0.1) is 5.82 Å². The first-order valence-corrected chi connectivity index (χ1v) is 8.95. The molecular weight excluding hydrogens is 365 g/mol. The van der Waals surface area contributed by atoms with Crippen molar-refractivity contribution in [2.24, 2.45) is 0 Å². The SMILES string of the molecule is O=C(NCc1ccccc1F)c1cc(NCCc2cccc(Cl)c2)ccn1. The minimum Gasteiger partial charge on any atom is -0.385 e. The molecule has 0 spiro atoms. The average Bonchev–Trinajstić information content (AvgIpc) is 2.67. The number of aromatic nitrogens is 1. The van der Waals surface area contributed by atoms with E-state index in [0.29, 0.717) is 17.1 Å². The predicted octanol–water partition coefficient (Wildman–Crippen LogP) is 4.46. The number of hydrogen-bond acceptors (Lipinski definition) is 3. The van der Waals surface area contributed by atoms with Crippen molar-refractivity contribution in [3.63, 3.8) is 0 Å². The van der Waals surface area contributed by atoms with Crippen LogP contribution >= 0.6 is 11.6 Å². The molecule has 0 saturated carbocycles. The van der Waals surface area contributed by atoms with Gasteiger partial charge in [0.2, 0.25) is 0 Å². The molecule has 0 aliphatic rings. The molecule has 0 saturated heterocycles. The summed E-state index contributed by atoms with van der Waals surface area (Å²) in [6.07, 6.45) is 2.37. The van der Waals surface area contributed by atoms with Crippen LogP contribution in [-0.2, 0) is 13.0 Å². The molecule has 0 atom stereocenters.